The number of thioether (sulfide) groups is 1. The Morgan fingerprint density at radius 2 is 2.19 bits per heavy atom. The first-order valence-corrected chi connectivity index (χ1v) is 8.04. The van der Waals surface area contributed by atoms with Gasteiger partial charge < -0.3 is 14.7 Å². The summed E-state index contributed by atoms with van der Waals surface area (Å²) >= 11 is 13.2. The standard InChI is InChI=1S/C13H13Cl2NO4S/c1-7(20-11-3-2-8(14)4-9(11)15)12(17)16-6-21-5-10(16)13(18)19/h2-4,7,10H,5-6H2,1H3,(H,18,19). The van der Waals surface area contributed by atoms with Crippen molar-refractivity contribution in [2.45, 2.75) is 19.1 Å². The second-order valence-corrected chi connectivity index (χ2v) is 6.34. The number of amides is 1. The minimum atomic E-state index is -1.01. The molecule has 2 rings (SSSR count). The molecule has 1 aliphatic rings. The summed E-state index contributed by atoms with van der Waals surface area (Å²) in [5, 5.41) is 9.86. The molecule has 0 aliphatic carbocycles. The second kappa shape index (κ2) is 6.77. The van der Waals surface area contributed by atoms with Crippen LogP contribution in [0, 0.1) is 0 Å². The lowest BCUT2D eigenvalue weighted by Gasteiger charge is -2.24. The molecule has 0 bridgehead atoms. The number of hydrogen-bond acceptors (Lipinski definition) is 4. The molecule has 5 nitrogen and oxygen atoms in total. The predicted molar refractivity (Wildman–Crippen MR) is 82.1 cm³/mol. The van der Waals surface area contributed by atoms with Gasteiger partial charge in [-0.3, -0.25) is 4.79 Å². The SMILES string of the molecule is CC(Oc1ccc(Cl)cc1Cl)C(=O)N1CSCC1C(=O)O. The molecule has 1 heterocycles. The van der Waals surface area contributed by atoms with Gasteiger partial charge in [-0.15, -0.1) is 11.8 Å². The summed E-state index contributed by atoms with van der Waals surface area (Å²) in [4.78, 5) is 24.7. The zero-order valence-electron chi connectivity index (χ0n) is 11.1. The van der Waals surface area contributed by atoms with Gasteiger partial charge in [0, 0.05) is 10.8 Å². The van der Waals surface area contributed by atoms with Crippen LogP contribution in [0.1, 0.15) is 6.92 Å². The highest BCUT2D eigenvalue weighted by molar-refractivity contribution is 7.99. The molecule has 1 aliphatic heterocycles. The summed E-state index contributed by atoms with van der Waals surface area (Å²) in [7, 11) is 0. The highest BCUT2D eigenvalue weighted by atomic mass is 35.5. The normalized spacial score (nSPS) is 19.4. The van der Waals surface area contributed by atoms with E-state index in [0.717, 1.165) is 0 Å². The molecule has 0 saturated carbocycles. The minimum Gasteiger partial charge on any atom is -0.480 e. The predicted octanol–water partition coefficient (Wildman–Crippen LogP) is 2.75. The second-order valence-electron chi connectivity index (χ2n) is 4.50. The average molecular weight is 350 g/mol. The van der Waals surface area contributed by atoms with Crippen molar-refractivity contribution in [3.8, 4) is 5.75 Å². The number of aliphatic carboxylic acids is 1. The van der Waals surface area contributed by atoms with E-state index in [9.17, 15) is 9.59 Å². The molecule has 1 aromatic carbocycles. The van der Waals surface area contributed by atoms with E-state index in [-0.39, 0.29) is 5.91 Å². The maximum atomic E-state index is 12.3. The molecule has 1 N–H and O–H groups in total. The van der Waals surface area contributed by atoms with E-state index in [2.05, 4.69) is 0 Å². The van der Waals surface area contributed by atoms with E-state index < -0.39 is 18.1 Å². The third kappa shape index (κ3) is 3.75. The van der Waals surface area contributed by atoms with Crippen LogP contribution in [0.15, 0.2) is 18.2 Å². The number of carbonyl (C=O) groups is 2. The molecule has 1 amide bonds. The molecule has 1 aromatic rings. The summed E-state index contributed by atoms with van der Waals surface area (Å²) in [5.41, 5.74) is 0. The van der Waals surface area contributed by atoms with E-state index in [0.29, 0.717) is 27.4 Å². The topological polar surface area (TPSA) is 66.8 Å². The van der Waals surface area contributed by atoms with Crippen molar-refractivity contribution >= 4 is 46.8 Å². The van der Waals surface area contributed by atoms with Crippen molar-refractivity contribution in [2.24, 2.45) is 0 Å². The zero-order valence-corrected chi connectivity index (χ0v) is 13.4. The molecule has 21 heavy (non-hydrogen) atoms. The molecular weight excluding hydrogens is 337 g/mol. The first-order valence-electron chi connectivity index (χ1n) is 6.13. The number of carboxylic acid groups (broad SMARTS) is 1. The first-order chi connectivity index (χ1) is 9.90. The van der Waals surface area contributed by atoms with Gasteiger partial charge in [0.25, 0.3) is 5.91 Å². The van der Waals surface area contributed by atoms with Crippen LogP contribution in [0.4, 0.5) is 0 Å². The Labute approximate surface area is 136 Å². The van der Waals surface area contributed by atoms with Crippen molar-refractivity contribution < 1.29 is 19.4 Å². The lowest BCUT2D eigenvalue weighted by Crippen LogP contribution is -2.47. The summed E-state index contributed by atoms with van der Waals surface area (Å²) < 4.78 is 5.52. The molecule has 1 fully saturated rings. The van der Waals surface area contributed by atoms with Gasteiger partial charge >= 0.3 is 5.97 Å². The molecule has 0 radical (unpaired) electrons. The molecule has 0 spiro atoms. The fourth-order valence-electron chi connectivity index (χ4n) is 1.91. The fourth-order valence-corrected chi connectivity index (χ4v) is 3.52. The maximum Gasteiger partial charge on any atom is 0.327 e. The third-order valence-electron chi connectivity index (χ3n) is 3.00. The van der Waals surface area contributed by atoms with Gasteiger partial charge in [-0.05, 0) is 25.1 Å². The Hall–Kier alpha value is -1.11. The first kappa shape index (κ1) is 16.3. The van der Waals surface area contributed by atoms with Crippen LogP contribution in [0.2, 0.25) is 10.0 Å². The average Bonchev–Trinajstić information content (AvgIpc) is 2.90. The molecular formula is C13H13Cl2NO4S. The Kier molecular flexibility index (Phi) is 5.24. The van der Waals surface area contributed by atoms with Crippen molar-refractivity contribution in [3.05, 3.63) is 28.2 Å². The Bertz CT molecular complexity index is 569. The van der Waals surface area contributed by atoms with Crippen LogP contribution in [-0.4, -0.2) is 45.7 Å². The maximum absolute atomic E-state index is 12.3. The molecule has 1 saturated heterocycles. The van der Waals surface area contributed by atoms with Crippen LogP contribution in [0.25, 0.3) is 0 Å². The van der Waals surface area contributed by atoms with Crippen LogP contribution in [0.5, 0.6) is 5.75 Å². The molecule has 0 aromatic heterocycles. The number of carboxylic acids is 1. The van der Waals surface area contributed by atoms with Crippen LogP contribution in [0.3, 0.4) is 0 Å². The fraction of sp³-hybridized carbons (Fsp3) is 0.385. The lowest BCUT2D eigenvalue weighted by molar-refractivity contribution is -0.150. The lowest BCUT2D eigenvalue weighted by atomic mass is 10.2. The van der Waals surface area contributed by atoms with Gasteiger partial charge in [0.2, 0.25) is 0 Å². The van der Waals surface area contributed by atoms with Gasteiger partial charge in [0.05, 0.1) is 10.9 Å². The van der Waals surface area contributed by atoms with Gasteiger partial charge in [-0.2, -0.15) is 0 Å². The van der Waals surface area contributed by atoms with Crippen molar-refractivity contribution in [1.82, 2.24) is 4.90 Å². The Balaban J connectivity index is 2.07. The number of ether oxygens (including phenoxy) is 1. The van der Waals surface area contributed by atoms with Crippen LogP contribution < -0.4 is 4.74 Å². The highest BCUT2D eigenvalue weighted by Crippen LogP contribution is 2.29. The van der Waals surface area contributed by atoms with Crippen molar-refractivity contribution in [3.63, 3.8) is 0 Å². The van der Waals surface area contributed by atoms with Gasteiger partial charge in [0.1, 0.15) is 11.8 Å². The summed E-state index contributed by atoms with van der Waals surface area (Å²) in [5.74, 6) is -0.322. The van der Waals surface area contributed by atoms with E-state index in [1.54, 1.807) is 19.1 Å². The van der Waals surface area contributed by atoms with E-state index >= 15 is 0 Å². The summed E-state index contributed by atoms with van der Waals surface area (Å²) in [6.07, 6.45) is -0.829. The number of hydrogen-bond donors (Lipinski definition) is 1. The highest BCUT2D eigenvalue weighted by Gasteiger charge is 2.37. The number of nitrogens with zero attached hydrogens (tertiary/aromatic N) is 1. The number of benzene rings is 1. The third-order valence-corrected chi connectivity index (χ3v) is 4.54. The van der Waals surface area contributed by atoms with Crippen molar-refractivity contribution in [1.29, 1.82) is 0 Å². The number of carbonyl (C=O) groups excluding carboxylic acids is 1. The number of rotatable bonds is 4. The van der Waals surface area contributed by atoms with E-state index in [1.165, 1.54) is 22.7 Å². The van der Waals surface area contributed by atoms with Crippen molar-refractivity contribution in [2.75, 3.05) is 11.6 Å². The molecule has 8 heteroatoms. The zero-order chi connectivity index (χ0) is 15.6. The number of halogens is 2. The smallest absolute Gasteiger partial charge is 0.327 e. The Morgan fingerprint density at radius 3 is 2.81 bits per heavy atom. The van der Waals surface area contributed by atoms with Gasteiger partial charge in [0.15, 0.2) is 6.10 Å². The van der Waals surface area contributed by atoms with E-state index in [1.807, 2.05) is 0 Å². The van der Waals surface area contributed by atoms with E-state index in [4.69, 9.17) is 33.0 Å². The monoisotopic (exact) mass is 349 g/mol. The largest absolute Gasteiger partial charge is 0.480 e. The van der Waals surface area contributed by atoms with Gasteiger partial charge in [-0.25, -0.2) is 4.79 Å². The summed E-state index contributed by atoms with van der Waals surface area (Å²) in [6, 6.07) is 3.88. The molecule has 114 valence electrons. The summed E-state index contributed by atoms with van der Waals surface area (Å²) in [6.45, 7) is 1.56. The van der Waals surface area contributed by atoms with Gasteiger partial charge in [-0.1, -0.05) is 23.2 Å². The van der Waals surface area contributed by atoms with Crippen LogP contribution >= 0.6 is 35.0 Å². The Morgan fingerprint density at radius 1 is 1.48 bits per heavy atom. The minimum absolute atomic E-state index is 0.299. The molecule has 2 unspecified atom stereocenters. The molecule has 2 atom stereocenters. The quantitative estimate of drug-likeness (QED) is 0.905. The van der Waals surface area contributed by atoms with Crippen LogP contribution in [-0.2, 0) is 9.59 Å².